The molecule has 46 valence electrons. The highest BCUT2D eigenvalue weighted by molar-refractivity contribution is 5.96. The van der Waals surface area contributed by atoms with E-state index in [0.29, 0.717) is 5.71 Å². The predicted molar refractivity (Wildman–Crippen MR) is 37.4 cm³/mol. The predicted octanol–water partition coefficient (Wildman–Crippen LogP) is 2.38. The highest BCUT2D eigenvalue weighted by Crippen LogP contribution is 2.00. The van der Waals surface area contributed by atoms with E-state index in [9.17, 15) is 0 Å². The molecule has 0 rings (SSSR count). The van der Waals surface area contributed by atoms with Crippen LogP contribution in [0.1, 0.15) is 26.7 Å². The van der Waals surface area contributed by atoms with Gasteiger partial charge in [-0.1, -0.05) is 20.4 Å². The summed E-state index contributed by atoms with van der Waals surface area (Å²) in [6.45, 7) is 7.72. The Morgan fingerprint density at radius 3 is 2.00 bits per heavy atom. The van der Waals surface area contributed by atoms with E-state index < -0.39 is 0 Å². The van der Waals surface area contributed by atoms with Crippen molar-refractivity contribution in [2.24, 2.45) is 0 Å². The van der Waals surface area contributed by atoms with Crippen molar-refractivity contribution < 1.29 is 0 Å². The van der Waals surface area contributed by atoms with Crippen LogP contribution in [0.2, 0.25) is 0 Å². The third-order valence-corrected chi connectivity index (χ3v) is 1.21. The first kappa shape index (κ1) is 7.41. The summed E-state index contributed by atoms with van der Waals surface area (Å²) in [5.74, 6) is 0. The lowest BCUT2D eigenvalue weighted by Gasteiger charge is -1.98. The minimum absolute atomic E-state index is 0.688. The largest absolute Gasteiger partial charge is 0.305 e. The molecule has 0 aliphatic carbocycles. The van der Waals surface area contributed by atoms with Crippen LogP contribution >= 0.6 is 0 Å². The quantitative estimate of drug-likeness (QED) is 0.541. The summed E-state index contributed by atoms with van der Waals surface area (Å²) in [5, 5.41) is 7.24. The second-order valence-corrected chi connectivity index (χ2v) is 1.79. The van der Waals surface area contributed by atoms with E-state index in [4.69, 9.17) is 5.41 Å². The van der Waals surface area contributed by atoms with E-state index in [2.05, 4.69) is 6.58 Å². The SMILES string of the molecule is C=C(CC)C(=N)CC. The Kier molecular flexibility index (Phi) is 3.16. The topological polar surface area (TPSA) is 23.9 Å². The Bertz CT molecular complexity index is 89.0. The fourth-order valence-corrected chi connectivity index (χ4v) is 0.463. The maximum atomic E-state index is 7.24. The third-order valence-electron chi connectivity index (χ3n) is 1.21. The van der Waals surface area contributed by atoms with Gasteiger partial charge in [-0.25, -0.2) is 0 Å². The molecule has 0 spiro atoms. The molecule has 0 aliphatic heterocycles. The van der Waals surface area contributed by atoms with Crippen LogP contribution in [0.4, 0.5) is 0 Å². The van der Waals surface area contributed by atoms with Gasteiger partial charge < -0.3 is 5.41 Å². The second-order valence-electron chi connectivity index (χ2n) is 1.79. The van der Waals surface area contributed by atoms with E-state index in [0.717, 1.165) is 18.4 Å². The zero-order chi connectivity index (χ0) is 6.57. The van der Waals surface area contributed by atoms with Crippen molar-refractivity contribution in [2.75, 3.05) is 0 Å². The van der Waals surface area contributed by atoms with Crippen molar-refractivity contribution in [3.63, 3.8) is 0 Å². The fourth-order valence-electron chi connectivity index (χ4n) is 0.463. The van der Waals surface area contributed by atoms with Gasteiger partial charge in [-0.2, -0.15) is 0 Å². The molecule has 0 amide bonds. The van der Waals surface area contributed by atoms with Crippen molar-refractivity contribution in [1.29, 1.82) is 5.41 Å². The molecule has 1 N–H and O–H groups in total. The molecule has 0 saturated carbocycles. The Morgan fingerprint density at radius 1 is 1.38 bits per heavy atom. The molecule has 0 fully saturated rings. The van der Waals surface area contributed by atoms with Crippen molar-refractivity contribution in [1.82, 2.24) is 0 Å². The Labute approximate surface area is 50.9 Å². The number of rotatable bonds is 3. The lowest BCUT2D eigenvalue weighted by molar-refractivity contribution is 1.13. The van der Waals surface area contributed by atoms with Crippen LogP contribution in [0.5, 0.6) is 0 Å². The summed E-state index contributed by atoms with van der Waals surface area (Å²) in [5.41, 5.74) is 1.65. The molecule has 1 heteroatoms. The summed E-state index contributed by atoms with van der Waals surface area (Å²) >= 11 is 0. The van der Waals surface area contributed by atoms with E-state index >= 15 is 0 Å². The first-order valence-electron chi connectivity index (χ1n) is 2.97. The summed E-state index contributed by atoms with van der Waals surface area (Å²) in [4.78, 5) is 0. The van der Waals surface area contributed by atoms with Gasteiger partial charge in [-0.3, -0.25) is 0 Å². The molecule has 0 radical (unpaired) electrons. The molecule has 0 aromatic rings. The van der Waals surface area contributed by atoms with Gasteiger partial charge >= 0.3 is 0 Å². The lowest BCUT2D eigenvalue weighted by atomic mass is 10.1. The lowest BCUT2D eigenvalue weighted by Crippen LogP contribution is -1.95. The molecular formula is C7H13N. The van der Waals surface area contributed by atoms with Gasteiger partial charge in [0.25, 0.3) is 0 Å². The van der Waals surface area contributed by atoms with Crippen LogP contribution in [0.25, 0.3) is 0 Å². The average molecular weight is 111 g/mol. The maximum Gasteiger partial charge on any atom is 0.0337 e. The molecule has 0 heterocycles. The van der Waals surface area contributed by atoms with Gasteiger partial charge in [0.05, 0.1) is 0 Å². The number of allylic oxidation sites excluding steroid dienone is 1. The molecule has 8 heavy (non-hydrogen) atoms. The average Bonchev–Trinajstić information content (AvgIpc) is 1.84. The minimum atomic E-state index is 0.688. The molecule has 0 unspecified atom stereocenters. The molecule has 1 nitrogen and oxygen atoms in total. The minimum Gasteiger partial charge on any atom is -0.305 e. The van der Waals surface area contributed by atoms with E-state index in [1.807, 2.05) is 13.8 Å². The molecular weight excluding hydrogens is 98.1 g/mol. The molecule has 0 saturated heterocycles. The van der Waals surface area contributed by atoms with Crippen LogP contribution in [0.3, 0.4) is 0 Å². The highest BCUT2D eigenvalue weighted by atomic mass is 14.4. The number of nitrogens with one attached hydrogen (secondary N) is 1. The summed E-state index contributed by atoms with van der Waals surface area (Å²) in [6.07, 6.45) is 1.72. The highest BCUT2D eigenvalue weighted by Gasteiger charge is 1.93. The van der Waals surface area contributed by atoms with Gasteiger partial charge in [0.15, 0.2) is 0 Å². The van der Waals surface area contributed by atoms with Crippen LogP contribution in [-0.4, -0.2) is 5.71 Å². The summed E-state index contributed by atoms with van der Waals surface area (Å²) < 4.78 is 0. The van der Waals surface area contributed by atoms with Gasteiger partial charge in [0.2, 0.25) is 0 Å². The van der Waals surface area contributed by atoms with Gasteiger partial charge in [-0.05, 0) is 18.4 Å². The van der Waals surface area contributed by atoms with Crippen LogP contribution in [0.15, 0.2) is 12.2 Å². The third kappa shape index (κ3) is 1.92. The zero-order valence-electron chi connectivity index (χ0n) is 5.62. The van der Waals surface area contributed by atoms with Crippen molar-refractivity contribution in [3.05, 3.63) is 12.2 Å². The standard InChI is InChI=1S/C7H13N/c1-4-6(3)7(8)5-2/h8H,3-5H2,1-2H3. The molecule has 0 aliphatic rings. The molecule has 0 aromatic carbocycles. The summed E-state index contributed by atoms with van der Waals surface area (Å²) in [7, 11) is 0. The van der Waals surface area contributed by atoms with Crippen LogP contribution in [-0.2, 0) is 0 Å². The normalized spacial score (nSPS) is 8.75. The Balaban J connectivity index is 3.64. The van der Waals surface area contributed by atoms with Crippen LogP contribution < -0.4 is 0 Å². The van der Waals surface area contributed by atoms with Crippen molar-refractivity contribution in [3.8, 4) is 0 Å². The Hall–Kier alpha value is -0.590. The number of hydrogen-bond donors (Lipinski definition) is 1. The van der Waals surface area contributed by atoms with Crippen molar-refractivity contribution >= 4 is 5.71 Å². The maximum absolute atomic E-state index is 7.24. The first-order valence-corrected chi connectivity index (χ1v) is 2.97. The smallest absolute Gasteiger partial charge is 0.0337 e. The van der Waals surface area contributed by atoms with Crippen molar-refractivity contribution in [2.45, 2.75) is 26.7 Å². The van der Waals surface area contributed by atoms with Gasteiger partial charge in [0.1, 0.15) is 0 Å². The van der Waals surface area contributed by atoms with E-state index in [1.54, 1.807) is 0 Å². The Morgan fingerprint density at radius 2 is 1.88 bits per heavy atom. The van der Waals surface area contributed by atoms with Gasteiger partial charge in [-0.15, -0.1) is 0 Å². The monoisotopic (exact) mass is 111 g/mol. The van der Waals surface area contributed by atoms with E-state index in [1.165, 1.54) is 0 Å². The number of hydrogen-bond acceptors (Lipinski definition) is 1. The molecule has 0 bridgehead atoms. The summed E-state index contributed by atoms with van der Waals surface area (Å²) in [6, 6.07) is 0. The molecule has 0 aromatic heterocycles. The fraction of sp³-hybridized carbons (Fsp3) is 0.571. The van der Waals surface area contributed by atoms with Gasteiger partial charge in [0, 0.05) is 5.71 Å². The first-order chi connectivity index (χ1) is 3.72. The second kappa shape index (κ2) is 3.42. The molecule has 0 atom stereocenters. The van der Waals surface area contributed by atoms with Crippen LogP contribution in [0, 0.1) is 5.41 Å². The van der Waals surface area contributed by atoms with E-state index in [-0.39, 0.29) is 0 Å². The zero-order valence-corrected chi connectivity index (χ0v) is 5.62.